The lowest BCUT2D eigenvalue weighted by atomic mass is 9.97. The molecule has 29 heavy (non-hydrogen) atoms. The molecule has 7 nitrogen and oxygen atoms in total. The van der Waals surface area contributed by atoms with E-state index in [9.17, 15) is 9.90 Å². The first-order valence-corrected chi connectivity index (χ1v) is 9.45. The van der Waals surface area contributed by atoms with Gasteiger partial charge in [-0.1, -0.05) is 29.4 Å². The van der Waals surface area contributed by atoms with E-state index < -0.39 is 5.60 Å². The Bertz CT molecular complexity index is 1240. The molecule has 1 atom stereocenters. The maximum absolute atomic E-state index is 12.3. The number of rotatable bonds is 3. The van der Waals surface area contributed by atoms with Gasteiger partial charge >= 0.3 is 0 Å². The number of carbonyl (C=O) groups is 1. The summed E-state index contributed by atoms with van der Waals surface area (Å²) in [5.41, 5.74) is 3.93. The van der Waals surface area contributed by atoms with Crippen LogP contribution in [0.5, 0.6) is 0 Å². The van der Waals surface area contributed by atoms with Crippen LogP contribution in [0.4, 0.5) is 0 Å². The summed E-state index contributed by atoms with van der Waals surface area (Å²) in [6.45, 7) is 2.47. The molecule has 1 aliphatic heterocycles. The molecule has 0 unspecified atom stereocenters. The molecule has 1 aromatic carbocycles. The predicted octanol–water partition coefficient (Wildman–Crippen LogP) is 3.01. The predicted molar refractivity (Wildman–Crippen MR) is 107 cm³/mol. The van der Waals surface area contributed by atoms with Crippen LogP contribution in [-0.4, -0.2) is 44.0 Å². The number of likely N-dealkylation sites (N-methyl/N-ethyl adjacent to an activating group) is 1. The fourth-order valence-electron chi connectivity index (χ4n) is 3.85. The standard InChI is InChI=1S/C22H20N4O3/c1-14-19-7-6-17(12-26(19)13-23-14)15-4-3-5-16(10-15)18-11-20(29-24-18)22(28)8-9-25(2)21(22)27/h3-7,10-13,28H,8-9H2,1-2H3/t22-/m1/s1. The van der Waals surface area contributed by atoms with E-state index in [1.165, 1.54) is 4.90 Å². The molecule has 4 aromatic rings. The lowest BCUT2D eigenvalue weighted by Gasteiger charge is -2.16. The van der Waals surface area contributed by atoms with Gasteiger partial charge in [-0.3, -0.25) is 4.79 Å². The van der Waals surface area contributed by atoms with Gasteiger partial charge in [0.1, 0.15) is 5.69 Å². The van der Waals surface area contributed by atoms with Crippen molar-refractivity contribution in [2.24, 2.45) is 0 Å². The second-order valence-electron chi connectivity index (χ2n) is 7.53. The number of carbonyl (C=O) groups excluding carboxylic acids is 1. The van der Waals surface area contributed by atoms with Crippen LogP contribution in [0.25, 0.3) is 27.9 Å². The van der Waals surface area contributed by atoms with Gasteiger partial charge in [-0.25, -0.2) is 4.98 Å². The first-order valence-electron chi connectivity index (χ1n) is 9.45. The van der Waals surface area contributed by atoms with Gasteiger partial charge in [0, 0.05) is 37.8 Å². The van der Waals surface area contributed by atoms with Crippen LogP contribution < -0.4 is 0 Å². The monoisotopic (exact) mass is 388 g/mol. The van der Waals surface area contributed by atoms with Crippen LogP contribution in [0.3, 0.4) is 0 Å². The lowest BCUT2D eigenvalue weighted by molar-refractivity contribution is -0.144. The molecule has 1 saturated heterocycles. The Morgan fingerprint density at radius 3 is 2.76 bits per heavy atom. The second-order valence-corrected chi connectivity index (χ2v) is 7.53. The minimum atomic E-state index is -1.64. The quantitative estimate of drug-likeness (QED) is 0.583. The largest absolute Gasteiger partial charge is 0.373 e. The van der Waals surface area contributed by atoms with Gasteiger partial charge < -0.3 is 18.9 Å². The number of aliphatic hydroxyl groups is 1. The molecule has 5 rings (SSSR count). The van der Waals surface area contributed by atoms with Crippen molar-refractivity contribution in [3.8, 4) is 22.4 Å². The smallest absolute Gasteiger partial charge is 0.262 e. The number of likely N-dealkylation sites (tertiary alicyclic amines) is 1. The zero-order chi connectivity index (χ0) is 20.2. The summed E-state index contributed by atoms with van der Waals surface area (Å²) in [7, 11) is 1.67. The molecule has 7 heteroatoms. The first-order chi connectivity index (χ1) is 14.0. The molecule has 1 amide bonds. The minimum absolute atomic E-state index is 0.183. The van der Waals surface area contributed by atoms with Gasteiger partial charge in [0.15, 0.2) is 5.76 Å². The highest BCUT2D eigenvalue weighted by Gasteiger charge is 2.48. The summed E-state index contributed by atoms with van der Waals surface area (Å²) in [5, 5.41) is 14.9. The summed E-state index contributed by atoms with van der Waals surface area (Å²) < 4.78 is 7.37. The molecule has 0 bridgehead atoms. The van der Waals surface area contributed by atoms with Crippen LogP contribution in [0.1, 0.15) is 17.9 Å². The third kappa shape index (κ3) is 2.74. The highest BCUT2D eigenvalue weighted by atomic mass is 16.5. The summed E-state index contributed by atoms with van der Waals surface area (Å²) in [6, 6.07) is 13.7. The van der Waals surface area contributed by atoms with E-state index in [2.05, 4.69) is 22.3 Å². The summed E-state index contributed by atoms with van der Waals surface area (Å²) in [6.07, 6.45) is 4.14. The van der Waals surface area contributed by atoms with E-state index in [1.54, 1.807) is 19.4 Å². The summed E-state index contributed by atoms with van der Waals surface area (Å²) in [4.78, 5) is 18.1. The molecular weight excluding hydrogens is 368 g/mol. The minimum Gasteiger partial charge on any atom is -0.373 e. The van der Waals surface area contributed by atoms with Crippen molar-refractivity contribution in [3.05, 3.63) is 66.4 Å². The molecule has 0 spiro atoms. The Hall–Kier alpha value is -3.45. The lowest BCUT2D eigenvalue weighted by Crippen LogP contribution is -2.35. The molecule has 0 radical (unpaired) electrons. The van der Waals surface area contributed by atoms with Crippen molar-refractivity contribution in [1.82, 2.24) is 19.4 Å². The summed E-state index contributed by atoms with van der Waals surface area (Å²) in [5.74, 6) is -0.180. The highest BCUT2D eigenvalue weighted by molar-refractivity contribution is 5.87. The van der Waals surface area contributed by atoms with E-state index in [4.69, 9.17) is 4.52 Å². The average Bonchev–Trinajstić information content (AvgIpc) is 3.44. The fraction of sp³-hybridized carbons (Fsp3) is 0.227. The van der Waals surface area contributed by atoms with Crippen molar-refractivity contribution in [1.29, 1.82) is 0 Å². The molecule has 1 fully saturated rings. The number of hydrogen-bond donors (Lipinski definition) is 1. The molecule has 146 valence electrons. The van der Waals surface area contributed by atoms with Crippen LogP contribution in [0.2, 0.25) is 0 Å². The van der Waals surface area contributed by atoms with Crippen molar-refractivity contribution >= 4 is 11.4 Å². The SMILES string of the molecule is Cc1ncn2cc(-c3cccc(-c4cc([C@]5(O)CCN(C)C5=O)on4)c3)ccc12. The Morgan fingerprint density at radius 2 is 1.97 bits per heavy atom. The number of hydrogen-bond acceptors (Lipinski definition) is 5. The average molecular weight is 388 g/mol. The molecule has 3 aromatic heterocycles. The maximum atomic E-state index is 12.3. The van der Waals surface area contributed by atoms with Gasteiger partial charge in [0.2, 0.25) is 5.60 Å². The zero-order valence-corrected chi connectivity index (χ0v) is 16.2. The van der Waals surface area contributed by atoms with E-state index in [0.717, 1.165) is 27.9 Å². The Morgan fingerprint density at radius 1 is 1.14 bits per heavy atom. The topological polar surface area (TPSA) is 83.9 Å². The van der Waals surface area contributed by atoms with E-state index in [0.29, 0.717) is 18.7 Å². The van der Waals surface area contributed by atoms with Crippen LogP contribution in [-0.2, 0) is 10.4 Å². The van der Waals surface area contributed by atoms with Crippen molar-refractivity contribution in [3.63, 3.8) is 0 Å². The van der Waals surface area contributed by atoms with Crippen molar-refractivity contribution < 1.29 is 14.4 Å². The Balaban J connectivity index is 1.50. The summed E-state index contributed by atoms with van der Waals surface area (Å²) >= 11 is 0. The fourth-order valence-corrected chi connectivity index (χ4v) is 3.85. The van der Waals surface area contributed by atoms with Gasteiger partial charge in [-0.05, 0) is 30.2 Å². The number of aromatic nitrogens is 3. The number of pyridine rings is 1. The molecule has 4 heterocycles. The van der Waals surface area contributed by atoms with Crippen LogP contribution >= 0.6 is 0 Å². The molecule has 0 aliphatic carbocycles. The van der Waals surface area contributed by atoms with Crippen molar-refractivity contribution in [2.45, 2.75) is 18.9 Å². The Kier molecular flexibility index (Phi) is 3.82. The number of fused-ring (bicyclic) bond motifs is 1. The Labute approximate surface area is 167 Å². The number of amides is 1. The van der Waals surface area contributed by atoms with Gasteiger partial charge in [-0.2, -0.15) is 0 Å². The normalized spacial score (nSPS) is 19.4. The molecule has 0 saturated carbocycles. The van der Waals surface area contributed by atoms with E-state index in [-0.39, 0.29) is 11.7 Å². The third-order valence-corrected chi connectivity index (χ3v) is 5.64. The number of nitrogens with zero attached hydrogens (tertiary/aromatic N) is 4. The molecular formula is C22H20N4O3. The van der Waals surface area contributed by atoms with E-state index in [1.807, 2.05) is 41.8 Å². The molecule has 1 aliphatic rings. The second kappa shape index (κ2) is 6.28. The third-order valence-electron chi connectivity index (χ3n) is 5.64. The van der Waals surface area contributed by atoms with E-state index >= 15 is 0 Å². The highest BCUT2D eigenvalue weighted by Crippen LogP contribution is 2.35. The van der Waals surface area contributed by atoms with Crippen LogP contribution in [0.15, 0.2) is 59.5 Å². The van der Waals surface area contributed by atoms with Gasteiger partial charge in [0.25, 0.3) is 5.91 Å². The zero-order valence-electron chi connectivity index (χ0n) is 16.2. The van der Waals surface area contributed by atoms with Gasteiger partial charge in [-0.15, -0.1) is 0 Å². The maximum Gasteiger partial charge on any atom is 0.262 e. The number of aryl methyl sites for hydroxylation is 1. The first kappa shape index (κ1) is 17.6. The number of benzene rings is 1. The van der Waals surface area contributed by atoms with Gasteiger partial charge in [0.05, 0.1) is 17.5 Å². The number of imidazole rings is 1. The molecule has 1 N–H and O–H groups in total. The van der Waals surface area contributed by atoms with Crippen molar-refractivity contribution in [2.75, 3.05) is 13.6 Å². The van der Waals surface area contributed by atoms with Crippen LogP contribution in [0, 0.1) is 6.92 Å².